The molecule has 94 valence electrons. The maximum absolute atomic E-state index is 11.4. The van der Waals surface area contributed by atoms with E-state index in [9.17, 15) is 4.79 Å². The molecule has 0 aromatic heterocycles. The molecule has 1 aromatic rings. The van der Waals surface area contributed by atoms with Crippen molar-refractivity contribution in [3.8, 4) is 0 Å². The molecule has 0 bridgehead atoms. The monoisotopic (exact) mass is 237 g/mol. The SMILES string of the molecule is CC(C)OCCOC(=O)Cc1ccc(N)cc1. The Morgan fingerprint density at radius 1 is 1.24 bits per heavy atom. The number of anilines is 1. The zero-order valence-corrected chi connectivity index (χ0v) is 10.3. The summed E-state index contributed by atoms with van der Waals surface area (Å²) in [5, 5.41) is 0. The molecule has 17 heavy (non-hydrogen) atoms. The van der Waals surface area contributed by atoms with Crippen LogP contribution in [0.1, 0.15) is 19.4 Å². The maximum atomic E-state index is 11.4. The summed E-state index contributed by atoms with van der Waals surface area (Å²) in [4.78, 5) is 11.4. The van der Waals surface area contributed by atoms with E-state index in [-0.39, 0.29) is 18.5 Å². The van der Waals surface area contributed by atoms with Crippen LogP contribution in [0.2, 0.25) is 0 Å². The predicted molar refractivity (Wildman–Crippen MR) is 66.6 cm³/mol. The first-order valence-electron chi connectivity index (χ1n) is 5.69. The molecule has 4 heteroatoms. The second kappa shape index (κ2) is 6.91. The molecule has 0 amide bonds. The van der Waals surface area contributed by atoms with Gasteiger partial charge in [0.15, 0.2) is 0 Å². The van der Waals surface area contributed by atoms with E-state index >= 15 is 0 Å². The van der Waals surface area contributed by atoms with E-state index in [1.807, 2.05) is 26.0 Å². The van der Waals surface area contributed by atoms with Crippen LogP contribution in [0.4, 0.5) is 5.69 Å². The van der Waals surface area contributed by atoms with E-state index in [0.29, 0.717) is 18.9 Å². The van der Waals surface area contributed by atoms with Crippen molar-refractivity contribution in [2.75, 3.05) is 18.9 Å². The highest BCUT2D eigenvalue weighted by molar-refractivity contribution is 5.72. The van der Waals surface area contributed by atoms with Crippen molar-refractivity contribution in [3.63, 3.8) is 0 Å². The van der Waals surface area contributed by atoms with E-state index in [1.165, 1.54) is 0 Å². The standard InChI is InChI=1S/C13H19NO3/c1-10(2)16-7-8-17-13(15)9-11-3-5-12(14)6-4-11/h3-6,10H,7-9,14H2,1-2H3. The number of rotatable bonds is 6. The summed E-state index contributed by atoms with van der Waals surface area (Å²) in [7, 11) is 0. The van der Waals surface area contributed by atoms with Crippen LogP contribution in [-0.2, 0) is 20.7 Å². The topological polar surface area (TPSA) is 61.5 Å². The van der Waals surface area contributed by atoms with Crippen LogP contribution in [0, 0.1) is 0 Å². The number of ether oxygens (including phenoxy) is 2. The fourth-order valence-corrected chi connectivity index (χ4v) is 1.29. The lowest BCUT2D eigenvalue weighted by atomic mass is 10.1. The highest BCUT2D eigenvalue weighted by atomic mass is 16.6. The Kier molecular flexibility index (Phi) is 5.49. The summed E-state index contributed by atoms with van der Waals surface area (Å²) in [6.07, 6.45) is 0.424. The van der Waals surface area contributed by atoms with Crippen LogP contribution < -0.4 is 5.73 Å². The van der Waals surface area contributed by atoms with Gasteiger partial charge in [-0.3, -0.25) is 4.79 Å². The van der Waals surface area contributed by atoms with E-state index < -0.39 is 0 Å². The number of carbonyl (C=O) groups excluding carboxylic acids is 1. The minimum Gasteiger partial charge on any atom is -0.463 e. The van der Waals surface area contributed by atoms with Gasteiger partial charge in [0.2, 0.25) is 0 Å². The first-order chi connectivity index (χ1) is 8.08. The molecule has 0 heterocycles. The normalized spacial score (nSPS) is 10.5. The summed E-state index contributed by atoms with van der Waals surface area (Å²) >= 11 is 0. The van der Waals surface area contributed by atoms with Gasteiger partial charge < -0.3 is 15.2 Å². The molecular weight excluding hydrogens is 218 g/mol. The summed E-state index contributed by atoms with van der Waals surface area (Å²) < 4.78 is 10.3. The molecule has 0 unspecified atom stereocenters. The minimum absolute atomic E-state index is 0.158. The first kappa shape index (κ1) is 13.5. The van der Waals surface area contributed by atoms with E-state index in [4.69, 9.17) is 15.2 Å². The van der Waals surface area contributed by atoms with Gasteiger partial charge in [0, 0.05) is 5.69 Å². The van der Waals surface area contributed by atoms with Crippen molar-refractivity contribution in [2.24, 2.45) is 0 Å². The highest BCUT2D eigenvalue weighted by Gasteiger charge is 2.04. The van der Waals surface area contributed by atoms with Crippen molar-refractivity contribution in [2.45, 2.75) is 26.4 Å². The third-order valence-corrected chi connectivity index (χ3v) is 2.13. The Morgan fingerprint density at radius 3 is 2.47 bits per heavy atom. The predicted octanol–water partition coefficient (Wildman–Crippen LogP) is 1.78. The van der Waals surface area contributed by atoms with Gasteiger partial charge in [0.05, 0.1) is 19.1 Å². The number of hydrogen-bond acceptors (Lipinski definition) is 4. The van der Waals surface area contributed by atoms with Gasteiger partial charge in [-0.15, -0.1) is 0 Å². The number of nitrogens with two attached hydrogens (primary N) is 1. The second-order valence-corrected chi connectivity index (χ2v) is 4.06. The van der Waals surface area contributed by atoms with Crippen molar-refractivity contribution in [3.05, 3.63) is 29.8 Å². The Bertz CT molecular complexity index is 346. The van der Waals surface area contributed by atoms with Gasteiger partial charge in [0.1, 0.15) is 6.61 Å². The average molecular weight is 237 g/mol. The molecule has 0 saturated carbocycles. The van der Waals surface area contributed by atoms with Crippen molar-refractivity contribution >= 4 is 11.7 Å². The Balaban J connectivity index is 2.23. The number of carbonyl (C=O) groups is 1. The van der Waals surface area contributed by atoms with Gasteiger partial charge in [-0.25, -0.2) is 0 Å². The minimum atomic E-state index is -0.248. The average Bonchev–Trinajstić information content (AvgIpc) is 2.27. The van der Waals surface area contributed by atoms with Crippen LogP contribution >= 0.6 is 0 Å². The van der Waals surface area contributed by atoms with Gasteiger partial charge in [-0.1, -0.05) is 12.1 Å². The fourth-order valence-electron chi connectivity index (χ4n) is 1.29. The molecule has 0 atom stereocenters. The largest absolute Gasteiger partial charge is 0.463 e. The molecule has 0 saturated heterocycles. The fraction of sp³-hybridized carbons (Fsp3) is 0.462. The number of hydrogen-bond donors (Lipinski definition) is 1. The first-order valence-corrected chi connectivity index (χ1v) is 5.69. The Labute approximate surface area is 102 Å². The highest BCUT2D eigenvalue weighted by Crippen LogP contribution is 2.06. The van der Waals surface area contributed by atoms with E-state index in [2.05, 4.69) is 0 Å². The third-order valence-electron chi connectivity index (χ3n) is 2.13. The van der Waals surface area contributed by atoms with Crippen LogP contribution in [0.15, 0.2) is 24.3 Å². The van der Waals surface area contributed by atoms with Crippen molar-refractivity contribution in [1.29, 1.82) is 0 Å². The second-order valence-electron chi connectivity index (χ2n) is 4.06. The van der Waals surface area contributed by atoms with E-state index in [0.717, 1.165) is 5.56 Å². The zero-order chi connectivity index (χ0) is 12.7. The molecule has 2 N–H and O–H groups in total. The number of benzene rings is 1. The van der Waals surface area contributed by atoms with Crippen LogP contribution in [0.25, 0.3) is 0 Å². The molecule has 0 aliphatic heterocycles. The molecule has 0 fully saturated rings. The Hall–Kier alpha value is -1.55. The molecule has 0 radical (unpaired) electrons. The Morgan fingerprint density at radius 2 is 1.88 bits per heavy atom. The zero-order valence-electron chi connectivity index (χ0n) is 10.3. The van der Waals surface area contributed by atoms with Crippen LogP contribution in [0.3, 0.4) is 0 Å². The van der Waals surface area contributed by atoms with Crippen LogP contribution in [0.5, 0.6) is 0 Å². The molecular formula is C13H19NO3. The van der Waals surface area contributed by atoms with E-state index in [1.54, 1.807) is 12.1 Å². The van der Waals surface area contributed by atoms with Gasteiger partial charge in [0.25, 0.3) is 0 Å². The number of nitrogen functional groups attached to an aromatic ring is 1. The molecule has 1 rings (SSSR count). The molecule has 0 aliphatic rings. The van der Waals surface area contributed by atoms with Gasteiger partial charge in [-0.2, -0.15) is 0 Å². The third kappa shape index (κ3) is 5.92. The molecule has 4 nitrogen and oxygen atoms in total. The lowest BCUT2D eigenvalue weighted by molar-refractivity contribution is -0.144. The molecule has 1 aromatic carbocycles. The summed E-state index contributed by atoms with van der Waals surface area (Å²) in [5.41, 5.74) is 7.14. The quantitative estimate of drug-likeness (QED) is 0.465. The van der Waals surface area contributed by atoms with Crippen LogP contribution in [-0.4, -0.2) is 25.3 Å². The van der Waals surface area contributed by atoms with Gasteiger partial charge in [-0.05, 0) is 31.5 Å². The van der Waals surface area contributed by atoms with Gasteiger partial charge >= 0.3 is 5.97 Å². The summed E-state index contributed by atoms with van der Waals surface area (Å²) in [6.45, 7) is 4.61. The number of esters is 1. The molecule has 0 spiro atoms. The lowest BCUT2D eigenvalue weighted by Gasteiger charge is -2.08. The lowest BCUT2D eigenvalue weighted by Crippen LogP contribution is -2.14. The van der Waals surface area contributed by atoms with Crippen molar-refractivity contribution in [1.82, 2.24) is 0 Å². The summed E-state index contributed by atoms with van der Waals surface area (Å²) in [5.74, 6) is -0.248. The molecule has 0 aliphatic carbocycles. The smallest absolute Gasteiger partial charge is 0.310 e. The summed E-state index contributed by atoms with van der Waals surface area (Å²) in [6, 6.07) is 7.18. The maximum Gasteiger partial charge on any atom is 0.310 e. The van der Waals surface area contributed by atoms with Crippen molar-refractivity contribution < 1.29 is 14.3 Å².